The van der Waals surface area contributed by atoms with E-state index in [2.05, 4.69) is 5.32 Å². The van der Waals surface area contributed by atoms with Gasteiger partial charge in [0.1, 0.15) is 5.83 Å². The molecule has 1 aliphatic rings. The first-order chi connectivity index (χ1) is 9.50. The minimum atomic E-state index is -0.572. The lowest BCUT2D eigenvalue weighted by atomic mass is 9.83. The number of hydrogen-bond donors (Lipinski definition) is 1. The van der Waals surface area contributed by atoms with E-state index in [0.717, 1.165) is 11.1 Å². The third kappa shape index (κ3) is 3.35. The maximum atomic E-state index is 12.9. The van der Waals surface area contributed by atoms with Gasteiger partial charge in [0, 0.05) is 13.0 Å². The third-order valence-electron chi connectivity index (χ3n) is 3.72. The topological polar surface area (TPSA) is 29.1 Å². The van der Waals surface area contributed by atoms with Crippen molar-refractivity contribution in [1.29, 1.82) is 0 Å². The molecule has 106 valence electrons. The summed E-state index contributed by atoms with van der Waals surface area (Å²) in [5.41, 5.74) is 1.47. The van der Waals surface area contributed by atoms with Crippen LogP contribution in [0.15, 0.2) is 53.9 Å². The van der Waals surface area contributed by atoms with Gasteiger partial charge < -0.3 is 5.32 Å². The molecule has 0 aromatic heterocycles. The Labute approximate surface area is 119 Å². The van der Waals surface area contributed by atoms with Crippen molar-refractivity contribution in [2.75, 3.05) is 6.54 Å². The molecule has 1 amide bonds. The monoisotopic (exact) mass is 273 g/mol. The molecule has 2 nitrogen and oxygen atoms in total. The van der Waals surface area contributed by atoms with E-state index in [1.165, 1.54) is 6.08 Å². The number of halogens is 1. The van der Waals surface area contributed by atoms with Crippen LogP contribution in [0.1, 0.15) is 32.3 Å². The summed E-state index contributed by atoms with van der Waals surface area (Å²) in [6.45, 7) is 4.30. The second-order valence-electron chi connectivity index (χ2n) is 5.61. The van der Waals surface area contributed by atoms with Crippen molar-refractivity contribution in [3.05, 3.63) is 59.4 Å². The Balaban J connectivity index is 1.98. The predicted octanol–water partition coefficient (Wildman–Crippen LogP) is 3.65. The van der Waals surface area contributed by atoms with E-state index >= 15 is 0 Å². The molecule has 0 heterocycles. The number of amides is 1. The summed E-state index contributed by atoms with van der Waals surface area (Å²) in [6, 6.07) is 9.71. The van der Waals surface area contributed by atoms with Crippen molar-refractivity contribution in [3.63, 3.8) is 0 Å². The summed E-state index contributed by atoms with van der Waals surface area (Å²) in [5, 5.41) is 2.95. The molecule has 0 atom stereocenters. The summed E-state index contributed by atoms with van der Waals surface area (Å²) in [4.78, 5) is 12.3. The summed E-state index contributed by atoms with van der Waals surface area (Å²) in [5.74, 6) is -0.107. The van der Waals surface area contributed by atoms with E-state index in [0.29, 0.717) is 19.4 Å². The van der Waals surface area contributed by atoms with Crippen LogP contribution in [0.4, 0.5) is 4.39 Å². The number of carbonyl (C=O) groups excluding carboxylic acids is 1. The van der Waals surface area contributed by atoms with Crippen molar-refractivity contribution in [3.8, 4) is 0 Å². The largest absolute Gasteiger partial charge is 0.352 e. The van der Waals surface area contributed by atoms with Crippen LogP contribution in [-0.2, 0) is 10.2 Å². The van der Waals surface area contributed by atoms with E-state index in [9.17, 15) is 9.18 Å². The van der Waals surface area contributed by atoms with Crippen molar-refractivity contribution in [1.82, 2.24) is 5.32 Å². The normalized spacial score (nSPS) is 15.3. The Morgan fingerprint density at radius 2 is 1.90 bits per heavy atom. The molecule has 1 aliphatic carbocycles. The fourth-order valence-corrected chi connectivity index (χ4v) is 2.20. The molecule has 1 N–H and O–H groups in total. The number of allylic oxidation sites excluding steroid dienone is 3. The quantitative estimate of drug-likeness (QED) is 0.891. The fraction of sp³-hybridized carbons (Fsp3) is 0.353. The van der Waals surface area contributed by atoms with Crippen LogP contribution >= 0.6 is 0 Å². The number of nitrogens with one attached hydrogen (secondary N) is 1. The van der Waals surface area contributed by atoms with E-state index < -0.39 is 5.41 Å². The average Bonchev–Trinajstić information content (AvgIpc) is 2.47. The van der Waals surface area contributed by atoms with Gasteiger partial charge in [-0.05, 0) is 31.9 Å². The van der Waals surface area contributed by atoms with Gasteiger partial charge in [0.25, 0.3) is 0 Å². The smallest absolute Gasteiger partial charge is 0.230 e. The lowest BCUT2D eigenvalue weighted by molar-refractivity contribution is -0.125. The summed E-state index contributed by atoms with van der Waals surface area (Å²) < 4.78 is 12.9. The molecule has 1 aromatic carbocycles. The van der Waals surface area contributed by atoms with Crippen LogP contribution in [0, 0.1) is 0 Å². The van der Waals surface area contributed by atoms with Gasteiger partial charge in [-0.25, -0.2) is 4.39 Å². The molecule has 0 radical (unpaired) electrons. The summed E-state index contributed by atoms with van der Waals surface area (Å²) in [6.07, 6.45) is 4.35. The van der Waals surface area contributed by atoms with Gasteiger partial charge in [-0.2, -0.15) is 0 Å². The molecule has 20 heavy (non-hydrogen) atoms. The number of carbonyl (C=O) groups is 1. The van der Waals surface area contributed by atoms with Gasteiger partial charge >= 0.3 is 0 Å². The van der Waals surface area contributed by atoms with Crippen molar-refractivity contribution < 1.29 is 9.18 Å². The van der Waals surface area contributed by atoms with Crippen LogP contribution in [0.25, 0.3) is 0 Å². The predicted molar refractivity (Wildman–Crippen MR) is 79.0 cm³/mol. The zero-order valence-electron chi connectivity index (χ0n) is 11.9. The maximum absolute atomic E-state index is 12.9. The molecule has 0 unspecified atom stereocenters. The fourth-order valence-electron chi connectivity index (χ4n) is 2.20. The van der Waals surface area contributed by atoms with Gasteiger partial charge in [-0.3, -0.25) is 4.79 Å². The second-order valence-corrected chi connectivity index (χ2v) is 5.61. The second kappa shape index (κ2) is 6.04. The Morgan fingerprint density at radius 3 is 2.50 bits per heavy atom. The first-order valence-corrected chi connectivity index (χ1v) is 6.88. The van der Waals surface area contributed by atoms with E-state index in [4.69, 9.17) is 0 Å². The van der Waals surface area contributed by atoms with Gasteiger partial charge in [0.15, 0.2) is 0 Å². The Morgan fingerprint density at radius 1 is 1.20 bits per heavy atom. The Hall–Kier alpha value is -1.90. The molecule has 3 heteroatoms. The van der Waals surface area contributed by atoms with Crippen LogP contribution < -0.4 is 5.32 Å². The molecule has 0 saturated carbocycles. The molecule has 0 saturated heterocycles. The van der Waals surface area contributed by atoms with Crippen molar-refractivity contribution >= 4 is 5.91 Å². The molecule has 2 rings (SSSR count). The highest BCUT2D eigenvalue weighted by molar-refractivity contribution is 5.87. The van der Waals surface area contributed by atoms with Gasteiger partial charge in [0.05, 0.1) is 5.41 Å². The Kier molecular flexibility index (Phi) is 4.38. The number of rotatable bonds is 4. The first-order valence-electron chi connectivity index (χ1n) is 6.88. The standard InChI is InChI=1S/C17H20FNO/c1-17(2,14-6-4-3-5-7-14)16(20)19-12-13-8-10-15(18)11-9-13/h3-8,10H,9,11-12H2,1-2H3,(H,19,20). The van der Waals surface area contributed by atoms with Gasteiger partial charge in [-0.15, -0.1) is 0 Å². The summed E-state index contributed by atoms with van der Waals surface area (Å²) >= 11 is 0. The first kappa shape index (κ1) is 14.5. The SMILES string of the molecule is CC(C)(C(=O)NCC1=CC=C(F)CC1)c1ccccc1. The zero-order valence-corrected chi connectivity index (χ0v) is 11.9. The molecule has 0 aliphatic heterocycles. The maximum Gasteiger partial charge on any atom is 0.230 e. The Bertz CT molecular complexity index is 543. The average molecular weight is 273 g/mol. The van der Waals surface area contributed by atoms with Crippen molar-refractivity contribution in [2.45, 2.75) is 32.1 Å². The van der Waals surface area contributed by atoms with Gasteiger partial charge in [-0.1, -0.05) is 42.0 Å². The van der Waals surface area contributed by atoms with E-state index in [1.54, 1.807) is 6.08 Å². The number of benzene rings is 1. The third-order valence-corrected chi connectivity index (χ3v) is 3.72. The van der Waals surface area contributed by atoms with Crippen LogP contribution in [0.3, 0.4) is 0 Å². The van der Waals surface area contributed by atoms with E-state index in [1.807, 2.05) is 44.2 Å². The van der Waals surface area contributed by atoms with Crippen LogP contribution in [0.5, 0.6) is 0 Å². The van der Waals surface area contributed by atoms with Crippen LogP contribution in [-0.4, -0.2) is 12.5 Å². The zero-order chi connectivity index (χ0) is 14.6. The minimum Gasteiger partial charge on any atom is -0.352 e. The highest BCUT2D eigenvalue weighted by Crippen LogP contribution is 2.23. The molecule has 1 aromatic rings. The number of hydrogen-bond acceptors (Lipinski definition) is 1. The molecule has 0 spiro atoms. The lowest BCUT2D eigenvalue weighted by Crippen LogP contribution is -2.40. The molecular formula is C17H20FNO. The molecule has 0 bridgehead atoms. The van der Waals surface area contributed by atoms with E-state index in [-0.39, 0.29) is 11.7 Å². The highest BCUT2D eigenvalue weighted by atomic mass is 19.1. The highest BCUT2D eigenvalue weighted by Gasteiger charge is 2.29. The van der Waals surface area contributed by atoms with Crippen LogP contribution in [0.2, 0.25) is 0 Å². The minimum absolute atomic E-state index is 0.0142. The molecule has 0 fully saturated rings. The molecular weight excluding hydrogens is 253 g/mol. The lowest BCUT2D eigenvalue weighted by Gasteiger charge is -2.24. The van der Waals surface area contributed by atoms with Gasteiger partial charge in [0.2, 0.25) is 5.91 Å². The summed E-state index contributed by atoms with van der Waals surface area (Å²) in [7, 11) is 0. The van der Waals surface area contributed by atoms with Crippen molar-refractivity contribution in [2.24, 2.45) is 0 Å².